The van der Waals surface area contributed by atoms with Gasteiger partial charge in [-0.2, -0.15) is 0 Å². The molecule has 1 aliphatic rings. The molecule has 0 spiro atoms. The molecular weight excluding hydrogens is 289 g/mol. The van der Waals surface area contributed by atoms with Crippen LogP contribution in [0.1, 0.15) is 51.0 Å². The van der Waals surface area contributed by atoms with Crippen LogP contribution >= 0.6 is 23.2 Å². The Morgan fingerprint density at radius 2 is 2.00 bits per heavy atom. The molecule has 1 unspecified atom stereocenters. The Hall–Kier alpha value is -0.240. The minimum absolute atomic E-state index is 0.522. The normalized spacial score (nSPS) is 17.6. The van der Waals surface area contributed by atoms with Gasteiger partial charge in [0.2, 0.25) is 0 Å². The van der Waals surface area contributed by atoms with Crippen molar-refractivity contribution in [1.82, 2.24) is 5.32 Å². The maximum Gasteiger partial charge on any atom is 0.0624 e. The van der Waals surface area contributed by atoms with Gasteiger partial charge < -0.3 is 5.32 Å². The van der Waals surface area contributed by atoms with E-state index in [9.17, 15) is 0 Å². The molecule has 0 aromatic heterocycles. The number of rotatable bonds is 7. The van der Waals surface area contributed by atoms with Crippen molar-refractivity contribution in [3.05, 3.63) is 33.8 Å². The molecule has 1 atom stereocenters. The van der Waals surface area contributed by atoms with Gasteiger partial charge in [0.1, 0.15) is 0 Å². The van der Waals surface area contributed by atoms with Crippen LogP contribution in [0.15, 0.2) is 18.2 Å². The van der Waals surface area contributed by atoms with Gasteiger partial charge in [0.05, 0.1) is 10.0 Å². The van der Waals surface area contributed by atoms with Gasteiger partial charge in [-0.15, -0.1) is 0 Å². The molecular formula is C17H25Cl2N. The zero-order chi connectivity index (χ0) is 14.4. The minimum Gasteiger partial charge on any atom is -0.314 e. The van der Waals surface area contributed by atoms with Crippen LogP contribution in [0.3, 0.4) is 0 Å². The molecule has 0 amide bonds. The van der Waals surface area contributed by atoms with Gasteiger partial charge in [0.25, 0.3) is 0 Å². The first-order valence-electron chi connectivity index (χ1n) is 7.87. The lowest BCUT2D eigenvalue weighted by molar-refractivity contribution is 0.385. The predicted molar refractivity (Wildman–Crippen MR) is 88.8 cm³/mol. The highest BCUT2D eigenvalue weighted by Crippen LogP contribution is 2.31. The van der Waals surface area contributed by atoms with Crippen molar-refractivity contribution in [3.63, 3.8) is 0 Å². The van der Waals surface area contributed by atoms with Gasteiger partial charge in [-0.1, -0.05) is 67.9 Å². The highest BCUT2D eigenvalue weighted by Gasteiger charge is 2.21. The van der Waals surface area contributed by atoms with Crippen molar-refractivity contribution in [3.8, 4) is 0 Å². The van der Waals surface area contributed by atoms with E-state index >= 15 is 0 Å². The Morgan fingerprint density at radius 1 is 1.25 bits per heavy atom. The molecule has 2 rings (SSSR count). The summed E-state index contributed by atoms with van der Waals surface area (Å²) in [7, 11) is 0. The lowest BCUT2D eigenvalue weighted by Crippen LogP contribution is -2.33. The molecule has 0 heterocycles. The summed E-state index contributed by atoms with van der Waals surface area (Å²) in [6, 6.07) is 6.48. The molecule has 20 heavy (non-hydrogen) atoms. The SMILES string of the molecule is CCCNC(Cc1cccc(Cl)c1Cl)CC1CCCC1. The fourth-order valence-electron chi connectivity index (χ4n) is 3.21. The van der Waals surface area contributed by atoms with E-state index in [4.69, 9.17) is 23.2 Å². The quantitative estimate of drug-likeness (QED) is 0.702. The van der Waals surface area contributed by atoms with Crippen molar-refractivity contribution in [2.24, 2.45) is 5.92 Å². The van der Waals surface area contributed by atoms with Gasteiger partial charge in [0, 0.05) is 6.04 Å². The second kappa shape index (κ2) is 8.26. The van der Waals surface area contributed by atoms with Crippen LogP contribution in [0, 0.1) is 5.92 Å². The second-order valence-corrected chi connectivity index (χ2v) is 6.74. The molecule has 112 valence electrons. The average Bonchev–Trinajstić information content (AvgIpc) is 2.94. The maximum absolute atomic E-state index is 6.33. The Morgan fingerprint density at radius 3 is 2.70 bits per heavy atom. The van der Waals surface area contributed by atoms with Crippen molar-refractivity contribution in [1.29, 1.82) is 0 Å². The summed E-state index contributed by atoms with van der Waals surface area (Å²) >= 11 is 12.4. The fraction of sp³-hybridized carbons (Fsp3) is 0.647. The van der Waals surface area contributed by atoms with Crippen LogP contribution in [0.2, 0.25) is 10.0 Å². The summed E-state index contributed by atoms with van der Waals surface area (Å²) in [6.45, 7) is 3.29. The van der Waals surface area contributed by atoms with Gasteiger partial charge >= 0.3 is 0 Å². The average molecular weight is 314 g/mol. The topological polar surface area (TPSA) is 12.0 Å². The number of halogens is 2. The Kier molecular flexibility index (Phi) is 6.67. The largest absolute Gasteiger partial charge is 0.314 e. The first-order valence-corrected chi connectivity index (χ1v) is 8.62. The van der Waals surface area contributed by atoms with E-state index in [0.29, 0.717) is 11.1 Å². The zero-order valence-electron chi connectivity index (χ0n) is 12.3. The first-order chi connectivity index (χ1) is 9.70. The summed E-state index contributed by atoms with van der Waals surface area (Å²) in [4.78, 5) is 0. The molecule has 0 aliphatic heterocycles. The van der Waals surface area contributed by atoms with Crippen LogP contribution in [0.25, 0.3) is 0 Å². The Balaban J connectivity index is 1.99. The highest BCUT2D eigenvalue weighted by atomic mass is 35.5. The Bertz CT molecular complexity index is 413. The van der Waals surface area contributed by atoms with Gasteiger partial charge in [-0.05, 0) is 43.4 Å². The monoisotopic (exact) mass is 313 g/mol. The third-order valence-corrected chi connectivity index (χ3v) is 5.13. The van der Waals surface area contributed by atoms with Crippen LogP contribution in [-0.4, -0.2) is 12.6 Å². The van der Waals surface area contributed by atoms with Gasteiger partial charge in [-0.3, -0.25) is 0 Å². The minimum atomic E-state index is 0.522. The molecule has 1 aliphatic carbocycles. The standard InChI is InChI=1S/C17H25Cl2N/c1-2-10-20-15(11-13-6-3-4-7-13)12-14-8-5-9-16(18)17(14)19/h5,8-9,13,15,20H,2-4,6-7,10-12H2,1H3. The number of benzene rings is 1. The van der Waals surface area contributed by atoms with E-state index in [1.807, 2.05) is 12.1 Å². The van der Waals surface area contributed by atoms with Gasteiger partial charge in [-0.25, -0.2) is 0 Å². The molecule has 1 N–H and O–H groups in total. The van der Waals surface area contributed by atoms with E-state index in [2.05, 4.69) is 18.3 Å². The lowest BCUT2D eigenvalue weighted by Gasteiger charge is -2.22. The summed E-state index contributed by atoms with van der Waals surface area (Å²) in [5.74, 6) is 0.891. The second-order valence-electron chi connectivity index (χ2n) is 5.95. The van der Waals surface area contributed by atoms with Crippen molar-refractivity contribution in [2.45, 2.75) is 57.9 Å². The maximum atomic E-state index is 6.33. The van der Waals surface area contributed by atoms with E-state index in [1.165, 1.54) is 44.1 Å². The van der Waals surface area contributed by atoms with E-state index < -0.39 is 0 Å². The van der Waals surface area contributed by atoms with Crippen LogP contribution < -0.4 is 5.32 Å². The molecule has 1 fully saturated rings. The highest BCUT2D eigenvalue weighted by molar-refractivity contribution is 6.42. The van der Waals surface area contributed by atoms with Crippen LogP contribution in [0.5, 0.6) is 0 Å². The molecule has 0 radical (unpaired) electrons. The summed E-state index contributed by atoms with van der Waals surface area (Å²) in [5.41, 5.74) is 1.17. The van der Waals surface area contributed by atoms with E-state index in [0.717, 1.165) is 23.9 Å². The van der Waals surface area contributed by atoms with Crippen molar-refractivity contribution in [2.75, 3.05) is 6.54 Å². The Labute approximate surface area is 133 Å². The molecule has 0 saturated heterocycles. The lowest BCUT2D eigenvalue weighted by atomic mass is 9.94. The molecule has 1 aromatic rings. The zero-order valence-corrected chi connectivity index (χ0v) is 13.8. The number of hydrogen-bond acceptors (Lipinski definition) is 1. The fourth-order valence-corrected chi connectivity index (χ4v) is 3.60. The molecule has 0 bridgehead atoms. The van der Waals surface area contributed by atoms with E-state index in [1.54, 1.807) is 0 Å². The number of nitrogens with one attached hydrogen (secondary N) is 1. The molecule has 1 saturated carbocycles. The third kappa shape index (κ3) is 4.65. The molecule has 1 nitrogen and oxygen atoms in total. The van der Waals surface area contributed by atoms with Crippen LogP contribution in [0.4, 0.5) is 0 Å². The van der Waals surface area contributed by atoms with Crippen molar-refractivity contribution >= 4 is 23.2 Å². The summed E-state index contributed by atoms with van der Waals surface area (Å²) in [5, 5.41) is 5.08. The summed E-state index contributed by atoms with van der Waals surface area (Å²) < 4.78 is 0. The van der Waals surface area contributed by atoms with Crippen molar-refractivity contribution < 1.29 is 0 Å². The smallest absolute Gasteiger partial charge is 0.0624 e. The van der Waals surface area contributed by atoms with Crippen LogP contribution in [-0.2, 0) is 6.42 Å². The first kappa shape index (κ1) is 16.1. The number of hydrogen-bond donors (Lipinski definition) is 1. The third-order valence-electron chi connectivity index (χ3n) is 4.27. The predicted octanol–water partition coefficient (Wildman–Crippen LogP) is 5.48. The molecule has 3 heteroatoms. The summed E-state index contributed by atoms with van der Waals surface area (Å²) in [6.07, 6.45) is 9.02. The van der Waals surface area contributed by atoms with Gasteiger partial charge in [0.15, 0.2) is 0 Å². The van der Waals surface area contributed by atoms with E-state index in [-0.39, 0.29) is 0 Å². The molecule has 1 aromatic carbocycles.